The van der Waals surface area contributed by atoms with Crippen molar-refractivity contribution >= 4 is 29.9 Å². The van der Waals surface area contributed by atoms with Crippen LogP contribution in [0.15, 0.2) is 23.8 Å². The maximum absolute atomic E-state index is 5.97. The molecular weight excluding hydrogens is 371 g/mol. The van der Waals surface area contributed by atoms with Gasteiger partial charge in [0.15, 0.2) is 5.96 Å². The molecule has 0 radical (unpaired) electrons. The zero-order chi connectivity index (χ0) is 13.7. The maximum Gasteiger partial charge on any atom is 0.191 e. The van der Waals surface area contributed by atoms with E-state index in [1.54, 1.807) is 10.8 Å². The third kappa shape index (κ3) is 4.75. The van der Waals surface area contributed by atoms with Crippen molar-refractivity contribution in [2.75, 3.05) is 19.7 Å². The molecule has 0 amide bonds. The van der Waals surface area contributed by atoms with Crippen molar-refractivity contribution in [2.45, 2.75) is 26.1 Å². The van der Waals surface area contributed by atoms with E-state index in [0.717, 1.165) is 18.8 Å². The molecule has 0 saturated carbocycles. The molecular formula is C12H21IN6O. The minimum atomic E-state index is 0. The Morgan fingerprint density at radius 3 is 3.20 bits per heavy atom. The number of rotatable bonds is 4. The molecule has 1 aliphatic heterocycles. The van der Waals surface area contributed by atoms with Gasteiger partial charge in [-0.15, -0.1) is 35.7 Å². The van der Waals surface area contributed by atoms with Crippen LogP contribution in [-0.2, 0) is 17.8 Å². The Balaban J connectivity index is 0.00000200. The van der Waals surface area contributed by atoms with E-state index in [1.165, 1.54) is 0 Å². The van der Waals surface area contributed by atoms with Gasteiger partial charge in [0.2, 0.25) is 0 Å². The topological polar surface area (TPSA) is 81.6 Å². The molecule has 2 N–H and O–H groups in total. The number of halogens is 1. The van der Waals surface area contributed by atoms with Crippen molar-refractivity contribution in [3.05, 3.63) is 24.5 Å². The number of nitrogens with zero attached hydrogens (tertiary/aromatic N) is 5. The molecule has 112 valence electrons. The number of nitrogens with two attached hydrogens (primary N) is 1. The summed E-state index contributed by atoms with van der Waals surface area (Å²) >= 11 is 0. The molecule has 1 saturated heterocycles. The largest absolute Gasteiger partial charge is 0.375 e. The summed E-state index contributed by atoms with van der Waals surface area (Å²) in [4.78, 5) is 6.38. The summed E-state index contributed by atoms with van der Waals surface area (Å²) < 4.78 is 7.18. The Bertz CT molecular complexity index is 461. The first-order chi connectivity index (χ1) is 9.19. The van der Waals surface area contributed by atoms with Gasteiger partial charge in [-0.1, -0.05) is 11.3 Å². The predicted molar refractivity (Wildman–Crippen MR) is 87.9 cm³/mol. The lowest BCUT2D eigenvalue weighted by Gasteiger charge is -2.31. The number of morpholine rings is 1. The first kappa shape index (κ1) is 16.9. The van der Waals surface area contributed by atoms with Gasteiger partial charge in [-0.25, -0.2) is 9.67 Å². The zero-order valence-corrected chi connectivity index (χ0v) is 13.9. The standard InChI is InChI=1S/C12H20N6O.HI/c1-3-4-18-9-11(15-16-18)7-14-12(13)17-5-6-19-10(2)8-17;/h3,9-10H,1,4-8H2,2H3,(H2,13,14);1H. The Labute approximate surface area is 135 Å². The first-order valence-electron chi connectivity index (χ1n) is 6.35. The summed E-state index contributed by atoms with van der Waals surface area (Å²) in [5, 5.41) is 7.99. The molecule has 7 nitrogen and oxygen atoms in total. The van der Waals surface area contributed by atoms with E-state index in [0.29, 0.717) is 25.7 Å². The third-order valence-electron chi connectivity index (χ3n) is 2.87. The molecule has 8 heteroatoms. The summed E-state index contributed by atoms with van der Waals surface area (Å²) in [7, 11) is 0. The van der Waals surface area contributed by atoms with Crippen LogP contribution in [0.4, 0.5) is 0 Å². The summed E-state index contributed by atoms with van der Waals surface area (Å²) in [6.07, 6.45) is 3.81. The van der Waals surface area contributed by atoms with Crippen LogP contribution in [0, 0.1) is 0 Å². The minimum Gasteiger partial charge on any atom is -0.375 e. The third-order valence-corrected chi connectivity index (χ3v) is 2.87. The van der Waals surface area contributed by atoms with Crippen LogP contribution in [0.2, 0.25) is 0 Å². The van der Waals surface area contributed by atoms with Crippen LogP contribution in [-0.4, -0.2) is 51.7 Å². The lowest BCUT2D eigenvalue weighted by molar-refractivity contribution is 0.00528. The van der Waals surface area contributed by atoms with Crippen molar-refractivity contribution in [2.24, 2.45) is 10.7 Å². The highest BCUT2D eigenvalue weighted by Crippen LogP contribution is 2.04. The monoisotopic (exact) mass is 392 g/mol. The van der Waals surface area contributed by atoms with E-state index < -0.39 is 0 Å². The SMILES string of the molecule is C=CCn1cc(CN=C(N)N2CCOC(C)C2)nn1.I. The number of hydrogen-bond acceptors (Lipinski definition) is 4. The zero-order valence-electron chi connectivity index (χ0n) is 11.6. The highest BCUT2D eigenvalue weighted by molar-refractivity contribution is 14.0. The fraction of sp³-hybridized carbons (Fsp3) is 0.583. The number of allylic oxidation sites excluding steroid dienone is 1. The number of hydrogen-bond donors (Lipinski definition) is 1. The second-order valence-corrected chi connectivity index (χ2v) is 4.52. The van der Waals surface area contributed by atoms with Crippen molar-refractivity contribution in [3.8, 4) is 0 Å². The van der Waals surface area contributed by atoms with Gasteiger partial charge in [-0.05, 0) is 6.92 Å². The van der Waals surface area contributed by atoms with Crippen LogP contribution in [0.3, 0.4) is 0 Å². The van der Waals surface area contributed by atoms with Crippen LogP contribution in [0.25, 0.3) is 0 Å². The summed E-state index contributed by atoms with van der Waals surface area (Å²) in [5.74, 6) is 0.536. The van der Waals surface area contributed by atoms with Crippen LogP contribution < -0.4 is 5.73 Å². The van der Waals surface area contributed by atoms with Gasteiger partial charge in [0.1, 0.15) is 5.69 Å². The molecule has 20 heavy (non-hydrogen) atoms. The average Bonchev–Trinajstić information content (AvgIpc) is 2.84. The lowest BCUT2D eigenvalue weighted by Crippen LogP contribution is -2.47. The van der Waals surface area contributed by atoms with Crippen LogP contribution in [0.5, 0.6) is 0 Å². The molecule has 1 aromatic heterocycles. The summed E-state index contributed by atoms with van der Waals surface area (Å²) in [5.41, 5.74) is 6.77. The normalized spacial score (nSPS) is 19.6. The predicted octanol–water partition coefficient (Wildman–Crippen LogP) is 0.617. The lowest BCUT2D eigenvalue weighted by atomic mass is 10.3. The number of ether oxygens (including phenoxy) is 1. The number of guanidine groups is 1. The highest BCUT2D eigenvalue weighted by atomic mass is 127. The Hall–Kier alpha value is -1.16. The smallest absolute Gasteiger partial charge is 0.191 e. The molecule has 0 aliphatic carbocycles. The number of aliphatic imine (C=N–C) groups is 1. The molecule has 1 aliphatic rings. The van der Waals surface area contributed by atoms with E-state index in [9.17, 15) is 0 Å². The van der Waals surface area contributed by atoms with Gasteiger partial charge < -0.3 is 15.4 Å². The summed E-state index contributed by atoms with van der Waals surface area (Å²) in [6.45, 7) is 9.01. The minimum absolute atomic E-state index is 0. The summed E-state index contributed by atoms with van der Waals surface area (Å²) in [6, 6.07) is 0. The van der Waals surface area contributed by atoms with Gasteiger partial charge in [0.25, 0.3) is 0 Å². The van der Waals surface area contributed by atoms with E-state index >= 15 is 0 Å². The fourth-order valence-corrected chi connectivity index (χ4v) is 1.92. The molecule has 0 aromatic carbocycles. The fourth-order valence-electron chi connectivity index (χ4n) is 1.92. The van der Waals surface area contributed by atoms with E-state index in [1.807, 2.05) is 18.0 Å². The van der Waals surface area contributed by atoms with Gasteiger partial charge >= 0.3 is 0 Å². The molecule has 1 aromatic rings. The average molecular weight is 392 g/mol. The van der Waals surface area contributed by atoms with E-state index in [2.05, 4.69) is 21.9 Å². The number of aromatic nitrogens is 3. The first-order valence-corrected chi connectivity index (χ1v) is 6.35. The Morgan fingerprint density at radius 2 is 2.50 bits per heavy atom. The Morgan fingerprint density at radius 1 is 1.70 bits per heavy atom. The molecule has 1 unspecified atom stereocenters. The molecule has 2 rings (SSSR count). The van der Waals surface area contributed by atoms with Crippen LogP contribution in [0.1, 0.15) is 12.6 Å². The second kappa shape index (κ2) is 8.20. The second-order valence-electron chi connectivity index (χ2n) is 4.52. The van der Waals surface area contributed by atoms with Gasteiger partial charge in [0, 0.05) is 13.1 Å². The molecule has 0 bridgehead atoms. The van der Waals surface area contributed by atoms with Crippen molar-refractivity contribution in [1.29, 1.82) is 0 Å². The van der Waals surface area contributed by atoms with Crippen LogP contribution >= 0.6 is 24.0 Å². The van der Waals surface area contributed by atoms with E-state index in [-0.39, 0.29) is 30.1 Å². The van der Waals surface area contributed by atoms with Crippen molar-refractivity contribution in [1.82, 2.24) is 19.9 Å². The quantitative estimate of drug-likeness (QED) is 0.352. The van der Waals surface area contributed by atoms with E-state index in [4.69, 9.17) is 10.5 Å². The van der Waals surface area contributed by atoms with Gasteiger partial charge in [-0.2, -0.15) is 0 Å². The molecule has 2 heterocycles. The van der Waals surface area contributed by atoms with Crippen molar-refractivity contribution < 1.29 is 4.74 Å². The van der Waals surface area contributed by atoms with Gasteiger partial charge in [0.05, 0.1) is 32.0 Å². The highest BCUT2D eigenvalue weighted by Gasteiger charge is 2.17. The Kier molecular flexibility index (Phi) is 6.93. The van der Waals surface area contributed by atoms with Gasteiger partial charge in [-0.3, -0.25) is 0 Å². The van der Waals surface area contributed by atoms with Crippen molar-refractivity contribution in [3.63, 3.8) is 0 Å². The molecule has 0 spiro atoms. The molecule has 1 atom stereocenters. The maximum atomic E-state index is 5.97. The molecule has 1 fully saturated rings.